The Morgan fingerprint density at radius 2 is 1.74 bits per heavy atom. The Balaban J connectivity index is 2.25. The minimum absolute atomic E-state index is 0.180. The quantitative estimate of drug-likeness (QED) is 0.428. The highest BCUT2D eigenvalue weighted by molar-refractivity contribution is 7.22. The highest BCUT2D eigenvalue weighted by Crippen LogP contribution is 2.42. The molecule has 1 aromatic heterocycles. The summed E-state index contributed by atoms with van der Waals surface area (Å²) in [7, 11) is 0. The van der Waals surface area contributed by atoms with Crippen molar-refractivity contribution < 1.29 is 0 Å². The van der Waals surface area contributed by atoms with Crippen LogP contribution in [0.25, 0.3) is 26.6 Å². The van der Waals surface area contributed by atoms with E-state index in [0.29, 0.717) is 0 Å². The Morgan fingerprint density at radius 3 is 2.37 bits per heavy atom. The van der Waals surface area contributed by atoms with Gasteiger partial charge >= 0.3 is 0 Å². The normalized spacial score (nSPS) is 12.4. The Bertz CT molecular complexity index is 993. The molecule has 0 aliphatic rings. The summed E-state index contributed by atoms with van der Waals surface area (Å²) in [5.41, 5.74) is 8.63. The Kier molecular flexibility index (Phi) is 5.63. The fourth-order valence-electron chi connectivity index (χ4n) is 3.79. The van der Waals surface area contributed by atoms with Gasteiger partial charge in [0.05, 0.1) is 0 Å². The predicted octanol–water partition coefficient (Wildman–Crippen LogP) is 8.47. The first kappa shape index (κ1) is 19.9. The number of aryl methyl sites for hydroxylation is 2. The van der Waals surface area contributed by atoms with Crippen LogP contribution in [0.1, 0.15) is 68.9 Å². The van der Waals surface area contributed by atoms with Gasteiger partial charge in [0, 0.05) is 9.58 Å². The molecule has 3 aromatic rings. The van der Waals surface area contributed by atoms with Crippen LogP contribution in [0.3, 0.4) is 0 Å². The molecule has 142 valence electrons. The standard InChI is InChI=1S/C26H32S/c1-8-10-11-21-17(3)12-14-22(18(21)4)25-20(9-2)23-16-19(26(5,6)7)13-15-24(23)27-25/h10-16H,8-9H2,1-7H3/b11-10-. The van der Waals surface area contributed by atoms with Gasteiger partial charge in [0.15, 0.2) is 0 Å². The van der Waals surface area contributed by atoms with Crippen LogP contribution in [0.4, 0.5) is 0 Å². The minimum Gasteiger partial charge on any atom is -0.135 e. The van der Waals surface area contributed by atoms with E-state index >= 15 is 0 Å². The third kappa shape index (κ3) is 3.75. The molecule has 2 aromatic carbocycles. The van der Waals surface area contributed by atoms with E-state index in [4.69, 9.17) is 0 Å². The lowest BCUT2D eigenvalue weighted by Gasteiger charge is -2.19. The van der Waals surface area contributed by atoms with Gasteiger partial charge < -0.3 is 0 Å². The van der Waals surface area contributed by atoms with Gasteiger partial charge in [-0.1, -0.05) is 65.0 Å². The summed E-state index contributed by atoms with van der Waals surface area (Å²) in [6.45, 7) is 15.9. The zero-order chi connectivity index (χ0) is 19.8. The second-order valence-electron chi connectivity index (χ2n) is 8.50. The summed E-state index contributed by atoms with van der Waals surface area (Å²) in [6.07, 6.45) is 6.70. The maximum absolute atomic E-state index is 2.43. The molecule has 0 unspecified atom stereocenters. The van der Waals surface area contributed by atoms with Crippen molar-refractivity contribution in [2.75, 3.05) is 0 Å². The maximum Gasteiger partial charge on any atom is 0.0390 e. The molecule has 0 atom stereocenters. The highest BCUT2D eigenvalue weighted by Gasteiger charge is 2.19. The molecule has 0 saturated carbocycles. The van der Waals surface area contributed by atoms with Crippen molar-refractivity contribution in [3.63, 3.8) is 0 Å². The molecular formula is C26H32S. The van der Waals surface area contributed by atoms with Crippen LogP contribution in [-0.4, -0.2) is 0 Å². The van der Waals surface area contributed by atoms with Gasteiger partial charge in [-0.15, -0.1) is 11.3 Å². The van der Waals surface area contributed by atoms with Crippen molar-refractivity contribution in [2.45, 2.75) is 66.7 Å². The molecule has 0 nitrogen and oxygen atoms in total. The average molecular weight is 377 g/mol. The van der Waals surface area contributed by atoms with E-state index in [9.17, 15) is 0 Å². The van der Waals surface area contributed by atoms with Crippen LogP contribution in [-0.2, 0) is 11.8 Å². The van der Waals surface area contributed by atoms with Crippen molar-refractivity contribution in [3.8, 4) is 10.4 Å². The molecule has 0 N–H and O–H groups in total. The summed E-state index contributed by atoms with van der Waals surface area (Å²) in [5.74, 6) is 0. The van der Waals surface area contributed by atoms with Gasteiger partial charge in [0.1, 0.15) is 0 Å². The van der Waals surface area contributed by atoms with Crippen LogP contribution >= 0.6 is 11.3 Å². The highest BCUT2D eigenvalue weighted by atomic mass is 32.1. The van der Waals surface area contributed by atoms with E-state index in [2.05, 4.69) is 91.0 Å². The SMILES string of the molecule is CC/C=C\c1c(C)ccc(-c2sc3ccc(C(C)(C)C)cc3c2CC)c1C. The summed E-state index contributed by atoms with van der Waals surface area (Å²) in [6, 6.07) is 11.7. The van der Waals surface area contributed by atoms with Crippen molar-refractivity contribution >= 4 is 27.5 Å². The molecule has 1 heterocycles. The number of benzene rings is 2. The van der Waals surface area contributed by atoms with Gasteiger partial charge in [-0.25, -0.2) is 0 Å². The Labute approximate surface area is 169 Å². The predicted molar refractivity (Wildman–Crippen MR) is 124 cm³/mol. The van der Waals surface area contributed by atoms with Crippen molar-refractivity contribution in [2.24, 2.45) is 0 Å². The molecule has 0 bridgehead atoms. The van der Waals surface area contributed by atoms with Gasteiger partial charge in [0.2, 0.25) is 0 Å². The zero-order valence-corrected chi connectivity index (χ0v) is 18.7. The topological polar surface area (TPSA) is 0 Å². The largest absolute Gasteiger partial charge is 0.135 e. The van der Waals surface area contributed by atoms with Gasteiger partial charge in [0.25, 0.3) is 0 Å². The second kappa shape index (κ2) is 7.64. The first-order chi connectivity index (χ1) is 12.8. The lowest BCUT2D eigenvalue weighted by molar-refractivity contribution is 0.591. The van der Waals surface area contributed by atoms with E-state index in [0.717, 1.165) is 12.8 Å². The fourth-order valence-corrected chi connectivity index (χ4v) is 5.14. The minimum atomic E-state index is 0.180. The van der Waals surface area contributed by atoms with E-state index in [-0.39, 0.29) is 5.41 Å². The summed E-state index contributed by atoms with van der Waals surface area (Å²) < 4.78 is 1.40. The molecule has 3 rings (SSSR count). The smallest absolute Gasteiger partial charge is 0.0390 e. The van der Waals surface area contributed by atoms with E-state index in [1.165, 1.54) is 48.3 Å². The van der Waals surface area contributed by atoms with Crippen molar-refractivity contribution in [3.05, 3.63) is 64.2 Å². The molecule has 0 saturated heterocycles. The van der Waals surface area contributed by atoms with Crippen LogP contribution in [0.2, 0.25) is 0 Å². The first-order valence-electron chi connectivity index (χ1n) is 10.1. The zero-order valence-electron chi connectivity index (χ0n) is 17.9. The van der Waals surface area contributed by atoms with Crippen LogP contribution < -0.4 is 0 Å². The monoisotopic (exact) mass is 376 g/mol. The Morgan fingerprint density at radius 1 is 1.00 bits per heavy atom. The van der Waals surface area contributed by atoms with Crippen LogP contribution in [0, 0.1) is 13.8 Å². The maximum atomic E-state index is 2.43. The van der Waals surface area contributed by atoms with Crippen LogP contribution in [0.15, 0.2) is 36.4 Å². The molecular weight excluding hydrogens is 344 g/mol. The molecule has 0 radical (unpaired) electrons. The Hall–Kier alpha value is -1.86. The number of thiophene rings is 1. The van der Waals surface area contributed by atoms with Crippen LogP contribution in [0.5, 0.6) is 0 Å². The third-order valence-corrected chi connectivity index (χ3v) is 6.75. The van der Waals surface area contributed by atoms with E-state index < -0.39 is 0 Å². The lowest BCUT2D eigenvalue weighted by Crippen LogP contribution is -2.10. The van der Waals surface area contributed by atoms with Gasteiger partial charge in [-0.2, -0.15) is 0 Å². The average Bonchev–Trinajstić information content (AvgIpc) is 2.98. The first-order valence-corrected chi connectivity index (χ1v) is 10.9. The molecule has 0 aliphatic heterocycles. The fraction of sp³-hybridized carbons (Fsp3) is 0.385. The molecule has 1 heteroatoms. The van der Waals surface area contributed by atoms with Crippen molar-refractivity contribution in [1.29, 1.82) is 0 Å². The summed E-state index contributed by atoms with van der Waals surface area (Å²) >= 11 is 1.95. The third-order valence-electron chi connectivity index (χ3n) is 5.51. The number of hydrogen-bond acceptors (Lipinski definition) is 1. The van der Waals surface area contributed by atoms with E-state index in [1.54, 1.807) is 0 Å². The van der Waals surface area contributed by atoms with Gasteiger partial charge in [-0.3, -0.25) is 0 Å². The molecule has 27 heavy (non-hydrogen) atoms. The molecule has 0 fully saturated rings. The summed E-state index contributed by atoms with van der Waals surface area (Å²) in [5, 5.41) is 1.44. The number of fused-ring (bicyclic) bond motifs is 1. The number of rotatable bonds is 4. The molecule has 0 aliphatic carbocycles. The van der Waals surface area contributed by atoms with Crippen molar-refractivity contribution in [1.82, 2.24) is 0 Å². The van der Waals surface area contributed by atoms with E-state index in [1.807, 2.05) is 11.3 Å². The van der Waals surface area contributed by atoms with Gasteiger partial charge in [-0.05, 0) is 83.0 Å². The summed E-state index contributed by atoms with van der Waals surface area (Å²) in [4.78, 5) is 1.45. The second-order valence-corrected chi connectivity index (χ2v) is 9.56. The lowest BCUT2D eigenvalue weighted by atomic mass is 9.86. The molecule has 0 amide bonds. The number of allylic oxidation sites excluding steroid dienone is 1. The number of hydrogen-bond donors (Lipinski definition) is 0. The molecule has 0 spiro atoms.